The number of aryl methyl sites for hydroxylation is 1. The molecule has 1 saturated heterocycles. The van der Waals surface area contributed by atoms with Crippen molar-refractivity contribution in [3.8, 4) is 0 Å². The molecule has 2 fully saturated rings. The number of aromatic nitrogens is 2. The van der Waals surface area contributed by atoms with Crippen LogP contribution in [0.4, 0.5) is 4.79 Å². The van der Waals surface area contributed by atoms with Gasteiger partial charge in [-0.15, -0.1) is 0 Å². The Morgan fingerprint density at radius 2 is 2.05 bits per heavy atom. The van der Waals surface area contributed by atoms with Crippen molar-refractivity contribution in [2.24, 2.45) is 17.8 Å². The van der Waals surface area contributed by atoms with Gasteiger partial charge in [-0.3, -0.25) is 0 Å². The van der Waals surface area contributed by atoms with Gasteiger partial charge in [0.15, 0.2) is 0 Å². The van der Waals surface area contributed by atoms with Crippen molar-refractivity contribution in [1.82, 2.24) is 19.8 Å². The van der Waals surface area contributed by atoms with E-state index in [1.54, 1.807) is 0 Å². The van der Waals surface area contributed by atoms with Crippen LogP contribution in [0.2, 0.25) is 0 Å². The van der Waals surface area contributed by atoms with E-state index in [0.717, 1.165) is 50.9 Å². The molecule has 1 N–H and O–H groups in total. The van der Waals surface area contributed by atoms with Gasteiger partial charge in [-0.1, -0.05) is 6.42 Å². The minimum atomic E-state index is 0.154. The Balaban J connectivity index is 1.27. The Morgan fingerprint density at radius 1 is 1.24 bits per heavy atom. The van der Waals surface area contributed by atoms with Gasteiger partial charge < -0.3 is 14.8 Å². The van der Waals surface area contributed by atoms with Gasteiger partial charge in [-0.05, 0) is 37.0 Å². The molecule has 1 aromatic rings. The molecule has 3 aliphatic rings. The first-order chi connectivity index (χ1) is 10.3. The molecule has 0 radical (unpaired) electrons. The number of nitrogens with one attached hydrogen (secondary N) is 1. The van der Waals surface area contributed by atoms with E-state index >= 15 is 0 Å². The molecule has 3 heterocycles. The molecule has 2 amide bonds. The summed E-state index contributed by atoms with van der Waals surface area (Å²) in [7, 11) is 0. The number of nitrogens with zero attached hydrogens (tertiary/aromatic N) is 3. The topological polar surface area (TPSA) is 50.2 Å². The fraction of sp³-hybridized carbons (Fsp3) is 0.750. The average molecular weight is 288 g/mol. The van der Waals surface area contributed by atoms with Gasteiger partial charge in [-0.2, -0.15) is 0 Å². The van der Waals surface area contributed by atoms with E-state index in [2.05, 4.69) is 14.9 Å². The van der Waals surface area contributed by atoms with Gasteiger partial charge in [0.05, 0.1) is 0 Å². The summed E-state index contributed by atoms with van der Waals surface area (Å²) in [6.07, 6.45) is 10.1. The van der Waals surface area contributed by atoms with Crippen LogP contribution in [-0.2, 0) is 13.0 Å². The number of amides is 2. The van der Waals surface area contributed by atoms with Crippen LogP contribution in [-0.4, -0.2) is 40.1 Å². The van der Waals surface area contributed by atoms with Crippen LogP contribution in [0.5, 0.6) is 0 Å². The van der Waals surface area contributed by atoms with Crippen molar-refractivity contribution in [3.63, 3.8) is 0 Å². The molecule has 0 aromatic carbocycles. The van der Waals surface area contributed by atoms with Crippen molar-refractivity contribution in [1.29, 1.82) is 0 Å². The number of urea groups is 1. The van der Waals surface area contributed by atoms with E-state index in [0.29, 0.717) is 5.92 Å². The third-order valence-corrected chi connectivity index (χ3v) is 5.59. The highest BCUT2D eigenvalue weighted by Gasteiger charge is 2.38. The zero-order valence-corrected chi connectivity index (χ0v) is 12.5. The second-order valence-corrected chi connectivity index (χ2v) is 6.94. The van der Waals surface area contributed by atoms with Crippen LogP contribution in [0.3, 0.4) is 0 Å². The van der Waals surface area contributed by atoms with Gasteiger partial charge in [-0.25, -0.2) is 9.78 Å². The maximum absolute atomic E-state index is 12.3. The molecule has 3 atom stereocenters. The Kier molecular flexibility index (Phi) is 3.36. The molecular formula is C16H24N4O. The zero-order valence-electron chi connectivity index (χ0n) is 12.5. The summed E-state index contributed by atoms with van der Waals surface area (Å²) in [4.78, 5) is 18.7. The molecule has 0 unspecified atom stereocenters. The molecule has 5 heteroatoms. The SMILES string of the molecule is O=C(NC[C@@H]1CCc2nccn2C1)N1C[C@H]2CCC[C@H]2C1. The first-order valence-electron chi connectivity index (χ1n) is 8.32. The summed E-state index contributed by atoms with van der Waals surface area (Å²) in [6.45, 7) is 3.74. The number of hydrogen-bond donors (Lipinski definition) is 1. The summed E-state index contributed by atoms with van der Waals surface area (Å²) in [5.41, 5.74) is 0. The highest BCUT2D eigenvalue weighted by atomic mass is 16.2. The van der Waals surface area contributed by atoms with Crippen LogP contribution in [0.25, 0.3) is 0 Å². The van der Waals surface area contributed by atoms with Gasteiger partial charge in [0.1, 0.15) is 5.82 Å². The average Bonchev–Trinajstić information content (AvgIpc) is 3.18. The quantitative estimate of drug-likeness (QED) is 0.903. The van der Waals surface area contributed by atoms with Gasteiger partial charge in [0.25, 0.3) is 0 Å². The van der Waals surface area contributed by atoms with Crippen LogP contribution < -0.4 is 5.32 Å². The highest BCUT2D eigenvalue weighted by molar-refractivity contribution is 5.74. The lowest BCUT2D eigenvalue weighted by Crippen LogP contribution is -2.42. The van der Waals surface area contributed by atoms with E-state index < -0.39 is 0 Å². The maximum Gasteiger partial charge on any atom is 0.317 e. The summed E-state index contributed by atoms with van der Waals surface area (Å²) >= 11 is 0. The molecule has 2 aliphatic heterocycles. The molecule has 1 saturated carbocycles. The summed E-state index contributed by atoms with van der Waals surface area (Å²) in [5, 5.41) is 3.16. The second-order valence-electron chi connectivity index (χ2n) is 6.94. The third kappa shape index (κ3) is 2.54. The Morgan fingerprint density at radius 3 is 2.86 bits per heavy atom. The van der Waals surface area contributed by atoms with Crippen molar-refractivity contribution in [3.05, 3.63) is 18.2 Å². The van der Waals surface area contributed by atoms with Crippen molar-refractivity contribution in [2.75, 3.05) is 19.6 Å². The van der Waals surface area contributed by atoms with Crippen molar-refractivity contribution >= 4 is 6.03 Å². The Hall–Kier alpha value is -1.52. The lowest BCUT2D eigenvalue weighted by atomic mass is 9.99. The van der Waals surface area contributed by atoms with Gasteiger partial charge >= 0.3 is 6.03 Å². The number of imidazole rings is 1. The monoisotopic (exact) mass is 288 g/mol. The van der Waals surface area contributed by atoms with Crippen LogP contribution in [0.1, 0.15) is 31.5 Å². The lowest BCUT2D eigenvalue weighted by Gasteiger charge is -2.25. The predicted molar refractivity (Wildman–Crippen MR) is 79.8 cm³/mol. The van der Waals surface area contributed by atoms with E-state index in [1.807, 2.05) is 17.3 Å². The largest absolute Gasteiger partial charge is 0.338 e. The van der Waals surface area contributed by atoms with E-state index in [4.69, 9.17) is 0 Å². The Labute approximate surface area is 125 Å². The molecule has 1 aromatic heterocycles. The molecule has 0 spiro atoms. The number of hydrogen-bond acceptors (Lipinski definition) is 2. The number of fused-ring (bicyclic) bond motifs is 2. The van der Waals surface area contributed by atoms with Gasteiger partial charge in [0, 0.05) is 45.0 Å². The molecule has 4 rings (SSSR count). The van der Waals surface area contributed by atoms with Crippen LogP contribution in [0, 0.1) is 17.8 Å². The highest BCUT2D eigenvalue weighted by Crippen LogP contribution is 2.37. The minimum absolute atomic E-state index is 0.154. The Bertz CT molecular complexity index is 514. The third-order valence-electron chi connectivity index (χ3n) is 5.59. The molecule has 21 heavy (non-hydrogen) atoms. The fourth-order valence-corrected chi connectivity index (χ4v) is 4.35. The summed E-state index contributed by atoms with van der Waals surface area (Å²) in [5.74, 6) is 3.28. The van der Waals surface area contributed by atoms with Crippen LogP contribution in [0.15, 0.2) is 12.4 Å². The molecular weight excluding hydrogens is 264 g/mol. The fourth-order valence-electron chi connectivity index (χ4n) is 4.35. The number of carbonyl (C=O) groups is 1. The summed E-state index contributed by atoms with van der Waals surface area (Å²) < 4.78 is 2.22. The molecule has 0 bridgehead atoms. The van der Waals surface area contributed by atoms with E-state index in [1.165, 1.54) is 25.1 Å². The van der Waals surface area contributed by atoms with E-state index in [9.17, 15) is 4.79 Å². The van der Waals surface area contributed by atoms with Gasteiger partial charge in [0.2, 0.25) is 0 Å². The first kappa shape index (κ1) is 13.2. The maximum atomic E-state index is 12.3. The lowest BCUT2D eigenvalue weighted by molar-refractivity contribution is 0.201. The molecule has 1 aliphatic carbocycles. The number of rotatable bonds is 2. The number of likely N-dealkylation sites (tertiary alicyclic amines) is 1. The molecule has 114 valence electrons. The zero-order chi connectivity index (χ0) is 14.2. The van der Waals surface area contributed by atoms with Crippen molar-refractivity contribution < 1.29 is 4.79 Å². The molecule has 5 nitrogen and oxygen atoms in total. The minimum Gasteiger partial charge on any atom is -0.338 e. The van der Waals surface area contributed by atoms with Crippen molar-refractivity contribution in [2.45, 2.75) is 38.6 Å². The van der Waals surface area contributed by atoms with Crippen LogP contribution >= 0.6 is 0 Å². The number of carbonyl (C=O) groups excluding carboxylic acids is 1. The normalized spacial score (nSPS) is 31.0. The predicted octanol–water partition coefficient (Wildman–Crippen LogP) is 1.89. The smallest absolute Gasteiger partial charge is 0.317 e. The first-order valence-corrected chi connectivity index (χ1v) is 8.32. The van der Waals surface area contributed by atoms with E-state index in [-0.39, 0.29) is 6.03 Å². The second kappa shape index (κ2) is 5.35. The summed E-state index contributed by atoms with van der Waals surface area (Å²) in [6, 6.07) is 0.154. The standard InChI is InChI=1S/C16H24N4O/c21-16(20-10-13-2-1-3-14(13)11-20)18-8-12-4-5-15-17-6-7-19(15)9-12/h6-7,12-14H,1-5,8-11H2,(H,18,21)/t12-,13-,14+/m0/s1.